The molecule has 0 atom stereocenters. The summed E-state index contributed by atoms with van der Waals surface area (Å²) in [4.78, 5) is 3.45. The van der Waals surface area contributed by atoms with Gasteiger partial charge in [0.2, 0.25) is 0 Å². The monoisotopic (exact) mass is 273 g/mol. The van der Waals surface area contributed by atoms with Gasteiger partial charge in [0.05, 0.1) is 10.7 Å². The summed E-state index contributed by atoms with van der Waals surface area (Å²) in [6.45, 7) is 0. The number of nitrogen functional groups attached to an aromatic ring is 1. The number of hydrogen-bond donors (Lipinski definition) is 2. The van der Waals surface area contributed by atoms with Crippen molar-refractivity contribution in [2.24, 2.45) is 0 Å². The Balaban J connectivity index is 2.40. The molecule has 1 heterocycles. The van der Waals surface area contributed by atoms with Crippen LogP contribution < -0.4 is 11.1 Å². The van der Waals surface area contributed by atoms with E-state index in [-0.39, 0.29) is 16.5 Å². The van der Waals surface area contributed by atoms with Crippen molar-refractivity contribution in [3.63, 3.8) is 0 Å². The zero-order valence-electron chi connectivity index (χ0n) is 8.85. The molecule has 0 spiro atoms. The summed E-state index contributed by atoms with van der Waals surface area (Å²) in [6, 6.07) is 4.71. The molecule has 7 heteroatoms. The van der Waals surface area contributed by atoms with E-state index in [9.17, 15) is 13.2 Å². The number of nitrogens with zero attached hydrogens (tertiary/aromatic N) is 1. The summed E-state index contributed by atoms with van der Waals surface area (Å²) >= 11 is 5.56. The molecule has 94 valence electrons. The molecule has 0 aliphatic rings. The molecule has 3 N–H and O–H groups in total. The maximum absolute atomic E-state index is 13.5. The molecule has 3 nitrogen and oxygen atoms in total. The average molecular weight is 274 g/mol. The van der Waals surface area contributed by atoms with Gasteiger partial charge in [-0.1, -0.05) is 17.7 Å². The van der Waals surface area contributed by atoms with Crippen LogP contribution in [-0.4, -0.2) is 4.98 Å². The summed E-state index contributed by atoms with van der Waals surface area (Å²) in [5.41, 5.74) is 5.12. The number of benzene rings is 1. The van der Waals surface area contributed by atoms with E-state index in [1.165, 1.54) is 18.2 Å². The first kappa shape index (κ1) is 12.5. The van der Waals surface area contributed by atoms with Gasteiger partial charge < -0.3 is 11.1 Å². The second kappa shape index (κ2) is 4.73. The summed E-state index contributed by atoms with van der Waals surface area (Å²) in [5, 5.41) is 2.23. The zero-order valence-corrected chi connectivity index (χ0v) is 9.60. The Morgan fingerprint density at radius 1 is 1.17 bits per heavy atom. The maximum atomic E-state index is 13.5. The minimum atomic E-state index is -0.985. The number of pyridine rings is 1. The molecule has 2 aromatic rings. The highest BCUT2D eigenvalue weighted by atomic mass is 35.5. The van der Waals surface area contributed by atoms with Crippen LogP contribution in [0.15, 0.2) is 24.3 Å². The molecular weight excluding hydrogens is 267 g/mol. The summed E-state index contributed by atoms with van der Waals surface area (Å²) in [7, 11) is 0. The fraction of sp³-hybridized carbons (Fsp3) is 0. The number of halogens is 4. The van der Waals surface area contributed by atoms with Crippen molar-refractivity contribution < 1.29 is 13.2 Å². The minimum absolute atomic E-state index is 0.0834. The van der Waals surface area contributed by atoms with Crippen molar-refractivity contribution in [2.75, 3.05) is 11.1 Å². The van der Waals surface area contributed by atoms with Gasteiger partial charge in [-0.05, 0) is 12.1 Å². The normalized spacial score (nSPS) is 10.4. The van der Waals surface area contributed by atoms with Crippen molar-refractivity contribution in [1.82, 2.24) is 4.98 Å². The van der Waals surface area contributed by atoms with Gasteiger partial charge in [-0.15, -0.1) is 0 Å². The van der Waals surface area contributed by atoms with Crippen LogP contribution in [0.1, 0.15) is 0 Å². The largest absolute Gasteiger partial charge is 0.381 e. The van der Waals surface area contributed by atoms with Crippen molar-refractivity contribution in [3.05, 3.63) is 46.7 Å². The first-order valence-electron chi connectivity index (χ1n) is 4.81. The Labute approximate surface area is 105 Å². The van der Waals surface area contributed by atoms with Gasteiger partial charge in [0.1, 0.15) is 0 Å². The lowest BCUT2D eigenvalue weighted by Gasteiger charge is -2.09. The first-order chi connectivity index (χ1) is 8.49. The lowest BCUT2D eigenvalue weighted by Crippen LogP contribution is -2.04. The van der Waals surface area contributed by atoms with E-state index in [0.29, 0.717) is 6.07 Å². The van der Waals surface area contributed by atoms with Gasteiger partial charge in [-0.25, -0.2) is 18.2 Å². The molecular formula is C11H7ClF3N3. The Morgan fingerprint density at radius 2 is 1.89 bits per heavy atom. The van der Waals surface area contributed by atoms with Crippen LogP contribution in [0.5, 0.6) is 0 Å². The summed E-state index contributed by atoms with van der Waals surface area (Å²) < 4.78 is 39.8. The van der Waals surface area contributed by atoms with Crippen molar-refractivity contribution in [1.29, 1.82) is 0 Å². The Bertz CT molecular complexity index is 604. The molecule has 18 heavy (non-hydrogen) atoms. The number of anilines is 3. The smallest absolute Gasteiger partial charge is 0.169 e. The molecule has 0 unspecified atom stereocenters. The van der Waals surface area contributed by atoms with Crippen molar-refractivity contribution in [2.45, 2.75) is 0 Å². The zero-order chi connectivity index (χ0) is 13.3. The Hall–Kier alpha value is -1.95. The predicted molar refractivity (Wildman–Crippen MR) is 63.3 cm³/mol. The fourth-order valence-electron chi connectivity index (χ4n) is 1.30. The van der Waals surface area contributed by atoms with E-state index in [1.807, 2.05) is 0 Å². The molecule has 0 fully saturated rings. The molecule has 2 rings (SSSR count). The third-order valence-corrected chi connectivity index (χ3v) is 2.45. The molecule has 0 aliphatic heterocycles. The Morgan fingerprint density at radius 3 is 2.61 bits per heavy atom. The third kappa shape index (κ3) is 2.33. The number of hydrogen-bond acceptors (Lipinski definition) is 3. The van der Waals surface area contributed by atoms with Gasteiger partial charge in [-0.2, -0.15) is 0 Å². The van der Waals surface area contributed by atoms with E-state index in [1.54, 1.807) is 0 Å². The molecule has 1 aromatic heterocycles. The van der Waals surface area contributed by atoms with Gasteiger partial charge in [0, 0.05) is 6.07 Å². The second-order valence-corrected chi connectivity index (χ2v) is 3.82. The van der Waals surface area contributed by atoms with E-state index in [0.717, 1.165) is 0 Å². The van der Waals surface area contributed by atoms with Gasteiger partial charge in [-0.3, -0.25) is 0 Å². The molecule has 0 saturated heterocycles. The molecule has 0 amide bonds. The van der Waals surface area contributed by atoms with Gasteiger partial charge in [0.25, 0.3) is 0 Å². The first-order valence-corrected chi connectivity index (χ1v) is 5.19. The number of nitrogens with two attached hydrogens (primary N) is 1. The van der Waals surface area contributed by atoms with Crippen LogP contribution in [0.4, 0.5) is 30.5 Å². The predicted octanol–water partition coefficient (Wildman–Crippen LogP) is 3.48. The molecule has 0 bridgehead atoms. The van der Waals surface area contributed by atoms with Crippen molar-refractivity contribution in [3.8, 4) is 0 Å². The highest BCUT2D eigenvalue weighted by Crippen LogP contribution is 2.26. The minimum Gasteiger partial charge on any atom is -0.381 e. The lowest BCUT2D eigenvalue weighted by atomic mass is 10.3. The van der Waals surface area contributed by atoms with Gasteiger partial charge in [0.15, 0.2) is 29.1 Å². The lowest BCUT2D eigenvalue weighted by molar-refractivity contribution is 0.580. The summed E-state index contributed by atoms with van der Waals surface area (Å²) in [6.07, 6.45) is 0. The Kier molecular flexibility index (Phi) is 3.29. The number of rotatable bonds is 2. The van der Waals surface area contributed by atoms with Crippen molar-refractivity contribution >= 4 is 28.9 Å². The van der Waals surface area contributed by atoms with E-state index >= 15 is 0 Å². The SMILES string of the molecule is Nc1nc(Nc2cccc(Cl)c2F)c(F)cc1F. The maximum Gasteiger partial charge on any atom is 0.169 e. The molecule has 1 aromatic carbocycles. The number of nitrogens with one attached hydrogen (secondary N) is 1. The third-order valence-electron chi connectivity index (χ3n) is 2.16. The highest BCUT2D eigenvalue weighted by molar-refractivity contribution is 6.31. The van der Waals surface area contributed by atoms with E-state index in [4.69, 9.17) is 17.3 Å². The second-order valence-electron chi connectivity index (χ2n) is 3.41. The highest BCUT2D eigenvalue weighted by Gasteiger charge is 2.12. The van der Waals surface area contributed by atoms with Crippen LogP contribution in [0.25, 0.3) is 0 Å². The topological polar surface area (TPSA) is 50.9 Å². The van der Waals surface area contributed by atoms with E-state index < -0.39 is 23.3 Å². The van der Waals surface area contributed by atoms with Crippen LogP contribution in [0.2, 0.25) is 5.02 Å². The number of aromatic nitrogens is 1. The standard InChI is InChI=1S/C11H7ClF3N3/c12-5-2-1-3-8(9(5)15)17-11-7(14)4-6(13)10(16)18-11/h1-4H,(H3,16,17,18). The van der Waals surface area contributed by atoms with E-state index in [2.05, 4.69) is 10.3 Å². The average Bonchev–Trinajstić information content (AvgIpc) is 2.32. The quantitative estimate of drug-likeness (QED) is 0.881. The van der Waals surface area contributed by atoms with Crippen LogP contribution in [-0.2, 0) is 0 Å². The van der Waals surface area contributed by atoms with Crippen LogP contribution in [0, 0.1) is 17.5 Å². The fourth-order valence-corrected chi connectivity index (χ4v) is 1.47. The van der Waals surface area contributed by atoms with Gasteiger partial charge >= 0.3 is 0 Å². The molecule has 0 saturated carbocycles. The molecule has 0 radical (unpaired) electrons. The van der Waals surface area contributed by atoms with Crippen LogP contribution >= 0.6 is 11.6 Å². The summed E-state index contributed by atoms with van der Waals surface area (Å²) in [5.74, 6) is -3.59. The van der Waals surface area contributed by atoms with Crippen LogP contribution in [0.3, 0.4) is 0 Å². The molecule has 0 aliphatic carbocycles.